The molecule has 0 spiro atoms. The summed E-state index contributed by atoms with van der Waals surface area (Å²) in [5, 5.41) is 12.4. The first kappa shape index (κ1) is 21.5. The van der Waals surface area contributed by atoms with Crippen LogP contribution in [0.3, 0.4) is 0 Å². The Morgan fingerprint density at radius 1 is 1.03 bits per heavy atom. The van der Waals surface area contributed by atoms with E-state index >= 15 is 0 Å². The molecule has 2 aromatic carbocycles. The van der Waals surface area contributed by atoms with Gasteiger partial charge in [0, 0.05) is 19.0 Å². The minimum Gasteiger partial charge on any atom is -0.479 e. The van der Waals surface area contributed by atoms with Gasteiger partial charge in [0.15, 0.2) is 0 Å². The highest BCUT2D eigenvalue weighted by atomic mass is 16.5. The Balaban J connectivity index is 1.23. The summed E-state index contributed by atoms with van der Waals surface area (Å²) in [6.07, 6.45) is 2.52. The smallest absolute Gasteiger partial charge is 0.407 e. The Morgan fingerprint density at radius 3 is 2.21 bits per heavy atom. The molecule has 2 amide bonds. The van der Waals surface area contributed by atoms with Crippen LogP contribution in [0.25, 0.3) is 11.1 Å². The SMILES string of the molecule is CN(C(=O)[C@H]1CCC[C@H]1NC(=O)OCC1c2ccccc2-c2ccccc21)C1(C(=O)O)CC1. The van der Waals surface area contributed by atoms with Crippen LogP contribution in [0.4, 0.5) is 4.79 Å². The molecule has 0 saturated heterocycles. The van der Waals surface area contributed by atoms with E-state index in [1.54, 1.807) is 7.05 Å². The van der Waals surface area contributed by atoms with Crippen LogP contribution >= 0.6 is 0 Å². The fraction of sp³-hybridized carbons (Fsp3) is 0.423. The van der Waals surface area contributed by atoms with Gasteiger partial charge in [-0.25, -0.2) is 9.59 Å². The number of carboxylic acid groups (broad SMARTS) is 1. The van der Waals surface area contributed by atoms with Crippen molar-refractivity contribution in [3.63, 3.8) is 0 Å². The van der Waals surface area contributed by atoms with E-state index in [1.165, 1.54) is 16.0 Å². The Bertz CT molecular complexity index is 1060. The van der Waals surface area contributed by atoms with Gasteiger partial charge in [-0.3, -0.25) is 4.79 Å². The van der Waals surface area contributed by atoms with Crippen molar-refractivity contribution in [2.24, 2.45) is 5.92 Å². The van der Waals surface area contributed by atoms with Crippen molar-refractivity contribution in [2.75, 3.05) is 13.7 Å². The molecule has 3 aliphatic carbocycles. The molecule has 7 heteroatoms. The van der Waals surface area contributed by atoms with Crippen molar-refractivity contribution in [1.82, 2.24) is 10.2 Å². The molecular weight excluding hydrogens is 420 g/mol. The van der Waals surface area contributed by atoms with Gasteiger partial charge in [-0.1, -0.05) is 55.0 Å². The minimum atomic E-state index is -1.08. The number of carbonyl (C=O) groups is 3. The molecule has 7 nitrogen and oxygen atoms in total. The zero-order valence-corrected chi connectivity index (χ0v) is 18.6. The fourth-order valence-corrected chi connectivity index (χ4v) is 5.49. The predicted molar refractivity (Wildman–Crippen MR) is 122 cm³/mol. The highest BCUT2D eigenvalue weighted by Gasteiger charge is 2.57. The zero-order chi connectivity index (χ0) is 23.2. The van der Waals surface area contributed by atoms with Crippen molar-refractivity contribution in [3.05, 3.63) is 59.7 Å². The zero-order valence-electron chi connectivity index (χ0n) is 18.6. The number of amides is 2. The maximum absolute atomic E-state index is 13.0. The first-order valence-electron chi connectivity index (χ1n) is 11.5. The number of nitrogens with one attached hydrogen (secondary N) is 1. The van der Waals surface area contributed by atoms with Crippen molar-refractivity contribution in [2.45, 2.75) is 49.6 Å². The number of hydrogen-bond acceptors (Lipinski definition) is 4. The number of ether oxygens (including phenoxy) is 1. The molecule has 33 heavy (non-hydrogen) atoms. The summed E-state index contributed by atoms with van der Waals surface area (Å²) < 4.78 is 5.64. The first-order valence-corrected chi connectivity index (χ1v) is 11.5. The lowest BCUT2D eigenvalue weighted by Crippen LogP contribution is -2.51. The number of nitrogens with zero attached hydrogens (tertiary/aromatic N) is 1. The molecule has 0 aromatic heterocycles. The summed E-state index contributed by atoms with van der Waals surface area (Å²) in [5.74, 6) is -1.62. The lowest BCUT2D eigenvalue weighted by Gasteiger charge is -2.30. The van der Waals surface area contributed by atoms with Crippen LogP contribution in [0.5, 0.6) is 0 Å². The lowest BCUT2D eigenvalue weighted by molar-refractivity contribution is -0.152. The van der Waals surface area contributed by atoms with E-state index in [1.807, 2.05) is 24.3 Å². The van der Waals surface area contributed by atoms with Crippen LogP contribution in [0.1, 0.15) is 49.1 Å². The number of aliphatic carboxylic acids is 1. The Morgan fingerprint density at radius 2 is 1.64 bits per heavy atom. The number of carboxylic acids is 1. The van der Waals surface area contributed by atoms with Gasteiger partial charge in [0.05, 0.1) is 5.92 Å². The molecule has 0 unspecified atom stereocenters. The average Bonchev–Trinajstić information content (AvgIpc) is 3.42. The standard InChI is InChI=1S/C26H28N2O5/c1-28(26(13-14-26)24(30)31)23(29)20-11-6-12-22(20)27-25(32)33-15-21-18-9-4-2-7-16(18)17-8-3-5-10-19(17)21/h2-5,7-10,20-22H,6,11-15H2,1H3,(H,27,32)(H,30,31)/t20-,22+/m0/s1. The van der Waals surface area contributed by atoms with Crippen LogP contribution in [-0.4, -0.2) is 53.2 Å². The van der Waals surface area contributed by atoms with E-state index in [-0.39, 0.29) is 24.5 Å². The molecule has 2 fully saturated rings. The van der Waals surface area contributed by atoms with Gasteiger partial charge in [-0.2, -0.15) is 0 Å². The second kappa shape index (κ2) is 8.21. The third-order valence-electron chi connectivity index (χ3n) is 7.57. The predicted octanol–water partition coefficient (Wildman–Crippen LogP) is 3.77. The van der Waals surface area contributed by atoms with Crippen LogP contribution < -0.4 is 5.32 Å². The van der Waals surface area contributed by atoms with E-state index in [9.17, 15) is 19.5 Å². The fourth-order valence-electron chi connectivity index (χ4n) is 5.49. The number of fused-ring (bicyclic) bond motifs is 3. The highest BCUT2D eigenvalue weighted by Crippen LogP contribution is 2.45. The molecule has 2 N–H and O–H groups in total. The van der Waals surface area contributed by atoms with Gasteiger partial charge in [0.2, 0.25) is 5.91 Å². The molecule has 3 aliphatic rings. The summed E-state index contributed by atoms with van der Waals surface area (Å²) >= 11 is 0. The van der Waals surface area contributed by atoms with Crippen LogP contribution in [0.15, 0.2) is 48.5 Å². The van der Waals surface area contributed by atoms with Crippen LogP contribution in [0.2, 0.25) is 0 Å². The van der Waals surface area contributed by atoms with E-state index < -0.39 is 23.5 Å². The molecular formula is C26H28N2O5. The van der Waals surface area contributed by atoms with Gasteiger partial charge >= 0.3 is 12.1 Å². The molecule has 0 aliphatic heterocycles. The van der Waals surface area contributed by atoms with E-state index in [0.29, 0.717) is 25.7 Å². The summed E-state index contributed by atoms with van der Waals surface area (Å²) in [6, 6.07) is 16.0. The van der Waals surface area contributed by atoms with E-state index in [2.05, 4.69) is 29.6 Å². The normalized spacial score (nSPS) is 22.2. The summed E-state index contributed by atoms with van der Waals surface area (Å²) in [7, 11) is 1.56. The van der Waals surface area contributed by atoms with Gasteiger partial charge in [0.25, 0.3) is 0 Å². The molecule has 2 saturated carbocycles. The number of alkyl carbamates (subject to hydrolysis) is 1. The third-order valence-corrected chi connectivity index (χ3v) is 7.57. The third kappa shape index (κ3) is 3.65. The molecule has 2 atom stereocenters. The first-order chi connectivity index (χ1) is 15.9. The molecule has 0 heterocycles. The van der Waals surface area contributed by atoms with Crippen molar-refractivity contribution >= 4 is 18.0 Å². The Hall–Kier alpha value is -3.35. The second-order valence-electron chi connectivity index (χ2n) is 9.35. The Labute approximate surface area is 192 Å². The number of hydrogen-bond donors (Lipinski definition) is 2. The molecule has 172 valence electrons. The van der Waals surface area contributed by atoms with E-state index in [4.69, 9.17) is 4.74 Å². The largest absolute Gasteiger partial charge is 0.479 e. The monoisotopic (exact) mass is 448 g/mol. The number of carbonyl (C=O) groups excluding carboxylic acids is 2. The van der Waals surface area contributed by atoms with Gasteiger partial charge < -0.3 is 20.1 Å². The number of likely N-dealkylation sites (N-methyl/N-ethyl adjacent to an activating group) is 1. The maximum atomic E-state index is 13.0. The highest BCUT2D eigenvalue weighted by molar-refractivity contribution is 5.91. The van der Waals surface area contributed by atoms with Crippen molar-refractivity contribution in [3.8, 4) is 11.1 Å². The quantitative estimate of drug-likeness (QED) is 0.701. The summed E-state index contributed by atoms with van der Waals surface area (Å²) in [4.78, 5) is 38.7. The summed E-state index contributed by atoms with van der Waals surface area (Å²) in [6.45, 7) is 0.215. The number of benzene rings is 2. The van der Waals surface area contributed by atoms with Gasteiger partial charge in [-0.15, -0.1) is 0 Å². The van der Waals surface area contributed by atoms with Gasteiger partial charge in [0.1, 0.15) is 12.1 Å². The van der Waals surface area contributed by atoms with Crippen molar-refractivity contribution in [1.29, 1.82) is 0 Å². The minimum absolute atomic E-state index is 0.0272. The van der Waals surface area contributed by atoms with Crippen LogP contribution in [0, 0.1) is 5.92 Å². The molecule has 2 aromatic rings. The topological polar surface area (TPSA) is 95.9 Å². The maximum Gasteiger partial charge on any atom is 0.407 e. The van der Waals surface area contributed by atoms with E-state index in [0.717, 1.165) is 17.5 Å². The average molecular weight is 449 g/mol. The second-order valence-corrected chi connectivity index (χ2v) is 9.35. The lowest BCUT2D eigenvalue weighted by atomic mass is 9.98. The number of rotatable bonds is 6. The van der Waals surface area contributed by atoms with Crippen LogP contribution in [-0.2, 0) is 14.3 Å². The molecule has 0 radical (unpaired) electrons. The van der Waals surface area contributed by atoms with Crippen molar-refractivity contribution < 1.29 is 24.2 Å². The van der Waals surface area contributed by atoms with Gasteiger partial charge in [-0.05, 0) is 47.9 Å². The summed E-state index contributed by atoms with van der Waals surface area (Å²) in [5.41, 5.74) is 3.54. The molecule has 0 bridgehead atoms. The molecule has 5 rings (SSSR count). The Kier molecular flexibility index (Phi) is 5.35.